The van der Waals surface area contributed by atoms with E-state index in [-0.39, 0.29) is 26.4 Å². The van der Waals surface area contributed by atoms with E-state index in [9.17, 15) is 8.42 Å². The van der Waals surface area contributed by atoms with Crippen LogP contribution in [0.4, 0.5) is 5.69 Å². The molecule has 0 aliphatic heterocycles. The van der Waals surface area contributed by atoms with Crippen molar-refractivity contribution in [3.63, 3.8) is 0 Å². The average molecular weight is 316 g/mol. The highest BCUT2D eigenvalue weighted by Crippen LogP contribution is 2.31. The van der Waals surface area contributed by atoms with Crippen LogP contribution < -0.4 is 5.73 Å². The molecule has 0 spiro atoms. The molecule has 0 fully saturated rings. The quantitative estimate of drug-likeness (QED) is 0.881. The molecule has 0 bridgehead atoms. The summed E-state index contributed by atoms with van der Waals surface area (Å²) in [6.45, 7) is 0. The van der Waals surface area contributed by atoms with Gasteiger partial charge >= 0.3 is 0 Å². The first-order valence-corrected chi connectivity index (χ1v) is 7.82. The van der Waals surface area contributed by atoms with Gasteiger partial charge < -0.3 is 5.73 Å². The molecule has 0 heterocycles. The van der Waals surface area contributed by atoms with Gasteiger partial charge in [-0.1, -0.05) is 53.5 Å². The second-order valence-corrected chi connectivity index (χ2v) is 6.82. The Bertz CT molecular complexity index is 700. The molecule has 100 valence electrons. The van der Waals surface area contributed by atoms with Crippen molar-refractivity contribution in [3.8, 4) is 0 Å². The Morgan fingerprint density at radius 2 is 1.63 bits per heavy atom. The summed E-state index contributed by atoms with van der Waals surface area (Å²) in [5.74, 6) is -0.131. The van der Waals surface area contributed by atoms with Crippen molar-refractivity contribution in [2.45, 2.75) is 10.6 Å². The third-order valence-electron chi connectivity index (χ3n) is 2.59. The van der Waals surface area contributed by atoms with Crippen LogP contribution in [0.15, 0.2) is 47.4 Å². The zero-order chi connectivity index (χ0) is 14.0. The van der Waals surface area contributed by atoms with Gasteiger partial charge in [-0.15, -0.1) is 0 Å². The summed E-state index contributed by atoms with van der Waals surface area (Å²) in [6, 6.07) is 11.5. The number of sulfone groups is 1. The van der Waals surface area contributed by atoms with Gasteiger partial charge in [0.2, 0.25) is 0 Å². The molecule has 0 amide bonds. The molecule has 2 N–H and O–H groups in total. The fourth-order valence-electron chi connectivity index (χ4n) is 1.65. The van der Waals surface area contributed by atoms with Crippen molar-refractivity contribution in [3.05, 3.63) is 58.1 Å². The van der Waals surface area contributed by atoms with Gasteiger partial charge in [0.1, 0.15) is 0 Å². The summed E-state index contributed by atoms with van der Waals surface area (Å²) >= 11 is 11.8. The summed E-state index contributed by atoms with van der Waals surface area (Å²) in [7, 11) is -3.56. The lowest BCUT2D eigenvalue weighted by Gasteiger charge is -2.08. The Morgan fingerprint density at radius 1 is 1.00 bits per heavy atom. The van der Waals surface area contributed by atoms with Gasteiger partial charge in [-0.25, -0.2) is 8.42 Å². The number of nitrogen functional groups attached to an aromatic ring is 1. The Morgan fingerprint density at radius 3 is 2.26 bits per heavy atom. The summed E-state index contributed by atoms with van der Waals surface area (Å²) in [5.41, 5.74) is 6.52. The standard InChI is InChI=1S/C13H11Cl2NO2S/c14-10-7-13(11(15)6-12(10)16)19(17,18)8-9-4-2-1-3-5-9/h1-7H,8,16H2. The highest BCUT2D eigenvalue weighted by atomic mass is 35.5. The van der Waals surface area contributed by atoms with Crippen molar-refractivity contribution >= 4 is 38.7 Å². The van der Waals surface area contributed by atoms with E-state index < -0.39 is 9.84 Å². The predicted molar refractivity (Wildman–Crippen MR) is 78.2 cm³/mol. The molecule has 0 saturated carbocycles. The van der Waals surface area contributed by atoms with Gasteiger partial charge in [-0.05, 0) is 17.7 Å². The van der Waals surface area contributed by atoms with Crippen LogP contribution in [0.5, 0.6) is 0 Å². The monoisotopic (exact) mass is 315 g/mol. The minimum Gasteiger partial charge on any atom is -0.397 e. The number of hydrogen-bond donors (Lipinski definition) is 1. The largest absolute Gasteiger partial charge is 0.397 e. The zero-order valence-corrected chi connectivity index (χ0v) is 12.1. The van der Waals surface area contributed by atoms with Crippen molar-refractivity contribution in [1.82, 2.24) is 0 Å². The smallest absolute Gasteiger partial charge is 0.184 e. The number of rotatable bonds is 3. The van der Waals surface area contributed by atoms with E-state index in [4.69, 9.17) is 28.9 Å². The molecule has 0 aliphatic carbocycles. The molecule has 19 heavy (non-hydrogen) atoms. The van der Waals surface area contributed by atoms with Crippen LogP contribution in [0.25, 0.3) is 0 Å². The lowest BCUT2D eigenvalue weighted by Crippen LogP contribution is -2.06. The van der Waals surface area contributed by atoms with Gasteiger partial charge in [-0.3, -0.25) is 0 Å². The first-order valence-electron chi connectivity index (χ1n) is 5.41. The number of benzene rings is 2. The van der Waals surface area contributed by atoms with Crippen molar-refractivity contribution in [1.29, 1.82) is 0 Å². The maximum Gasteiger partial charge on any atom is 0.184 e. The van der Waals surface area contributed by atoms with Gasteiger partial charge in [0.15, 0.2) is 9.84 Å². The summed E-state index contributed by atoms with van der Waals surface area (Å²) in [6.07, 6.45) is 0. The first kappa shape index (κ1) is 14.2. The SMILES string of the molecule is Nc1cc(Cl)c(S(=O)(=O)Cc2ccccc2)cc1Cl. The second-order valence-electron chi connectivity index (χ2n) is 4.05. The van der Waals surface area contributed by atoms with Crippen LogP contribution in [0.1, 0.15) is 5.56 Å². The predicted octanol–water partition coefficient (Wildman–Crippen LogP) is 3.55. The van der Waals surface area contributed by atoms with Gasteiger partial charge in [0.25, 0.3) is 0 Å². The molecule has 3 nitrogen and oxygen atoms in total. The number of nitrogens with two attached hydrogens (primary N) is 1. The minimum absolute atomic E-state index is 0.00257. The molecule has 0 aliphatic rings. The van der Waals surface area contributed by atoms with E-state index >= 15 is 0 Å². The molecular formula is C13H11Cl2NO2S. The highest BCUT2D eigenvalue weighted by Gasteiger charge is 2.20. The van der Waals surface area contributed by atoms with Crippen LogP contribution in [-0.2, 0) is 15.6 Å². The van der Waals surface area contributed by atoms with E-state index in [2.05, 4.69) is 0 Å². The third-order valence-corrected chi connectivity index (χ3v) is 5.06. The van der Waals surface area contributed by atoms with E-state index in [1.54, 1.807) is 24.3 Å². The van der Waals surface area contributed by atoms with E-state index in [1.165, 1.54) is 12.1 Å². The molecule has 0 aromatic heterocycles. The lowest BCUT2D eigenvalue weighted by molar-refractivity contribution is 0.595. The van der Waals surface area contributed by atoms with E-state index in [0.717, 1.165) is 0 Å². The van der Waals surface area contributed by atoms with Gasteiger partial charge in [0, 0.05) is 0 Å². The fourth-order valence-corrected chi connectivity index (χ4v) is 3.85. The Hall–Kier alpha value is -1.23. The molecule has 2 aromatic rings. The summed E-state index contributed by atoms with van der Waals surface area (Å²) < 4.78 is 24.6. The Labute approximate surface area is 121 Å². The number of anilines is 1. The average Bonchev–Trinajstić information content (AvgIpc) is 2.34. The van der Waals surface area contributed by atoms with Crippen LogP contribution in [0.2, 0.25) is 10.0 Å². The van der Waals surface area contributed by atoms with Crippen LogP contribution in [0.3, 0.4) is 0 Å². The maximum atomic E-state index is 12.3. The van der Waals surface area contributed by atoms with Crippen molar-refractivity contribution < 1.29 is 8.42 Å². The van der Waals surface area contributed by atoms with Crippen LogP contribution >= 0.6 is 23.2 Å². The van der Waals surface area contributed by atoms with Crippen LogP contribution in [-0.4, -0.2) is 8.42 Å². The molecule has 0 saturated heterocycles. The van der Waals surface area contributed by atoms with Crippen molar-refractivity contribution in [2.75, 3.05) is 5.73 Å². The second kappa shape index (κ2) is 5.41. The molecule has 0 radical (unpaired) electrons. The minimum atomic E-state index is -3.56. The molecule has 6 heteroatoms. The molecule has 2 rings (SSSR count). The molecular weight excluding hydrogens is 305 g/mol. The fraction of sp³-hybridized carbons (Fsp3) is 0.0769. The Kier molecular flexibility index (Phi) is 4.04. The van der Waals surface area contributed by atoms with Crippen molar-refractivity contribution in [2.24, 2.45) is 0 Å². The van der Waals surface area contributed by atoms with Crippen LogP contribution in [0, 0.1) is 0 Å². The lowest BCUT2D eigenvalue weighted by atomic mass is 10.2. The Balaban J connectivity index is 2.43. The van der Waals surface area contributed by atoms with E-state index in [0.29, 0.717) is 5.56 Å². The number of hydrogen-bond acceptors (Lipinski definition) is 3. The summed E-state index contributed by atoms with van der Waals surface area (Å²) in [5, 5.41) is 0.258. The maximum absolute atomic E-state index is 12.3. The zero-order valence-electron chi connectivity index (χ0n) is 9.81. The third kappa shape index (κ3) is 3.21. The van der Waals surface area contributed by atoms with E-state index in [1.807, 2.05) is 6.07 Å². The number of halogens is 2. The molecule has 0 atom stereocenters. The first-order chi connectivity index (χ1) is 8.90. The highest BCUT2D eigenvalue weighted by molar-refractivity contribution is 7.90. The van der Waals surface area contributed by atoms with Gasteiger partial charge in [0.05, 0.1) is 26.4 Å². The molecule has 0 unspecified atom stereocenters. The molecule has 2 aromatic carbocycles. The summed E-state index contributed by atoms with van der Waals surface area (Å²) in [4.78, 5) is -0.00257. The van der Waals surface area contributed by atoms with Gasteiger partial charge in [-0.2, -0.15) is 0 Å². The normalized spacial score (nSPS) is 11.5. The topological polar surface area (TPSA) is 60.2 Å².